The number of furan rings is 1. The molecule has 1 amide bonds. The third-order valence-corrected chi connectivity index (χ3v) is 5.83. The Bertz CT molecular complexity index is 984. The summed E-state index contributed by atoms with van der Waals surface area (Å²) < 4.78 is 13.0. The van der Waals surface area contributed by atoms with Crippen LogP contribution in [0.15, 0.2) is 53.1 Å². The SMILES string of the molecule is Cc1cc(C(=O)NC(C)c2ccc(N3CCOCC3)cc2)c(C)n1Cc1ccco1. The van der Waals surface area contributed by atoms with Gasteiger partial charge in [0.05, 0.1) is 37.6 Å². The van der Waals surface area contributed by atoms with Crippen molar-refractivity contribution < 1.29 is 13.9 Å². The minimum atomic E-state index is -0.0793. The molecule has 0 bridgehead atoms. The molecule has 30 heavy (non-hydrogen) atoms. The van der Waals surface area contributed by atoms with Crippen molar-refractivity contribution in [2.24, 2.45) is 0 Å². The second-order valence-electron chi connectivity index (χ2n) is 7.84. The molecule has 3 heterocycles. The summed E-state index contributed by atoms with van der Waals surface area (Å²) in [6.45, 7) is 10.0. The van der Waals surface area contributed by atoms with Crippen LogP contribution in [-0.4, -0.2) is 36.8 Å². The molecule has 1 N–H and O–H groups in total. The number of aromatic nitrogens is 1. The fourth-order valence-corrected chi connectivity index (χ4v) is 3.99. The van der Waals surface area contributed by atoms with Gasteiger partial charge in [-0.1, -0.05) is 12.1 Å². The van der Waals surface area contributed by atoms with E-state index in [2.05, 4.69) is 39.0 Å². The number of carbonyl (C=O) groups is 1. The molecular weight excluding hydrogens is 378 g/mol. The van der Waals surface area contributed by atoms with Crippen LogP contribution in [0.4, 0.5) is 5.69 Å². The van der Waals surface area contributed by atoms with Crippen LogP contribution in [0.25, 0.3) is 0 Å². The zero-order chi connectivity index (χ0) is 21.1. The molecule has 6 heteroatoms. The molecule has 0 aliphatic carbocycles. The van der Waals surface area contributed by atoms with E-state index in [9.17, 15) is 4.79 Å². The van der Waals surface area contributed by atoms with Gasteiger partial charge >= 0.3 is 0 Å². The van der Waals surface area contributed by atoms with Gasteiger partial charge in [0.25, 0.3) is 5.91 Å². The van der Waals surface area contributed by atoms with Crippen LogP contribution in [0.2, 0.25) is 0 Å². The molecule has 1 aliphatic heterocycles. The van der Waals surface area contributed by atoms with Crippen molar-refractivity contribution in [3.8, 4) is 0 Å². The number of aryl methyl sites for hydroxylation is 1. The normalized spacial score (nSPS) is 15.2. The summed E-state index contributed by atoms with van der Waals surface area (Å²) in [5.74, 6) is 0.816. The molecule has 0 saturated carbocycles. The molecular formula is C24H29N3O3. The predicted octanol–water partition coefficient (Wildman–Crippen LogP) is 4.07. The lowest BCUT2D eigenvalue weighted by Crippen LogP contribution is -2.36. The summed E-state index contributed by atoms with van der Waals surface area (Å²) in [5.41, 5.74) is 4.97. The van der Waals surface area contributed by atoms with E-state index in [0.29, 0.717) is 12.1 Å². The molecule has 0 radical (unpaired) electrons. The number of hydrogen-bond donors (Lipinski definition) is 1. The summed E-state index contributed by atoms with van der Waals surface area (Å²) in [5, 5.41) is 3.14. The number of anilines is 1. The fourth-order valence-electron chi connectivity index (χ4n) is 3.99. The van der Waals surface area contributed by atoms with Gasteiger partial charge in [0.15, 0.2) is 0 Å². The number of rotatable bonds is 6. The number of carbonyl (C=O) groups excluding carboxylic acids is 1. The van der Waals surface area contributed by atoms with E-state index in [-0.39, 0.29) is 11.9 Å². The van der Waals surface area contributed by atoms with Crippen molar-refractivity contribution in [2.75, 3.05) is 31.2 Å². The minimum absolute atomic E-state index is 0.0569. The van der Waals surface area contributed by atoms with Crippen molar-refractivity contribution >= 4 is 11.6 Å². The van der Waals surface area contributed by atoms with Gasteiger partial charge < -0.3 is 23.9 Å². The largest absolute Gasteiger partial charge is 0.467 e. The molecule has 6 nitrogen and oxygen atoms in total. The van der Waals surface area contributed by atoms with E-state index in [1.165, 1.54) is 5.69 Å². The molecule has 3 aromatic rings. The Morgan fingerprint density at radius 1 is 1.13 bits per heavy atom. The highest BCUT2D eigenvalue weighted by atomic mass is 16.5. The monoisotopic (exact) mass is 407 g/mol. The molecule has 2 aromatic heterocycles. The highest BCUT2D eigenvalue weighted by molar-refractivity contribution is 5.96. The van der Waals surface area contributed by atoms with Crippen molar-refractivity contribution in [3.63, 3.8) is 0 Å². The van der Waals surface area contributed by atoms with E-state index in [1.807, 2.05) is 39.0 Å². The number of amides is 1. The highest BCUT2D eigenvalue weighted by Crippen LogP contribution is 2.22. The number of hydrogen-bond acceptors (Lipinski definition) is 4. The van der Waals surface area contributed by atoms with Crippen LogP contribution in [0.1, 0.15) is 46.0 Å². The lowest BCUT2D eigenvalue weighted by atomic mass is 10.1. The number of benzene rings is 1. The van der Waals surface area contributed by atoms with Crippen molar-refractivity contribution in [2.45, 2.75) is 33.4 Å². The van der Waals surface area contributed by atoms with Crippen LogP contribution in [-0.2, 0) is 11.3 Å². The zero-order valence-corrected chi connectivity index (χ0v) is 17.9. The van der Waals surface area contributed by atoms with Crippen LogP contribution in [0.5, 0.6) is 0 Å². The predicted molar refractivity (Wildman–Crippen MR) is 117 cm³/mol. The van der Waals surface area contributed by atoms with E-state index in [4.69, 9.17) is 9.15 Å². The van der Waals surface area contributed by atoms with E-state index in [0.717, 1.165) is 49.0 Å². The molecule has 1 fully saturated rings. The standard InChI is InChI=1S/C24H29N3O3/c1-17-15-23(19(3)27(17)16-22-5-4-12-30-22)24(28)25-18(2)20-6-8-21(9-7-20)26-10-13-29-14-11-26/h4-9,12,15,18H,10-11,13-14,16H2,1-3H3,(H,25,28). The molecule has 1 aliphatic rings. The van der Waals surface area contributed by atoms with Crippen molar-refractivity contribution in [3.05, 3.63) is 77.0 Å². The summed E-state index contributed by atoms with van der Waals surface area (Å²) >= 11 is 0. The zero-order valence-electron chi connectivity index (χ0n) is 17.9. The molecule has 4 rings (SSSR count). The lowest BCUT2D eigenvalue weighted by molar-refractivity contribution is 0.0939. The first-order valence-electron chi connectivity index (χ1n) is 10.5. The van der Waals surface area contributed by atoms with Gasteiger partial charge in [-0.15, -0.1) is 0 Å². The molecule has 1 atom stereocenters. The molecule has 1 aromatic carbocycles. The first-order valence-corrected chi connectivity index (χ1v) is 10.5. The lowest BCUT2D eigenvalue weighted by Gasteiger charge is -2.29. The Hall–Kier alpha value is -2.99. The smallest absolute Gasteiger partial charge is 0.253 e. The van der Waals surface area contributed by atoms with Gasteiger partial charge in [0.2, 0.25) is 0 Å². The van der Waals surface area contributed by atoms with E-state index >= 15 is 0 Å². The minimum Gasteiger partial charge on any atom is -0.467 e. The van der Waals surface area contributed by atoms with Crippen molar-refractivity contribution in [1.29, 1.82) is 0 Å². The molecule has 1 saturated heterocycles. The quantitative estimate of drug-likeness (QED) is 0.669. The highest BCUT2D eigenvalue weighted by Gasteiger charge is 2.19. The number of nitrogens with one attached hydrogen (secondary N) is 1. The second-order valence-corrected chi connectivity index (χ2v) is 7.84. The molecule has 1 unspecified atom stereocenters. The number of nitrogens with zero attached hydrogens (tertiary/aromatic N) is 2. The summed E-state index contributed by atoms with van der Waals surface area (Å²) in [6.07, 6.45) is 1.67. The Morgan fingerprint density at radius 2 is 1.87 bits per heavy atom. The van der Waals surface area contributed by atoms with Crippen LogP contribution >= 0.6 is 0 Å². The third-order valence-electron chi connectivity index (χ3n) is 5.83. The van der Waals surface area contributed by atoms with Crippen LogP contribution in [0, 0.1) is 13.8 Å². The van der Waals surface area contributed by atoms with Gasteiger partial charge in [0.1, 0.15) is 5.76 Å². The van der Waals surface area contributed by atoms with E-state index < -0.39 is 0 Å². The maximum atomic E-state index is 13.0. The average Bonchev–Trinajstić information content (AvgIpc) is 3.38. The molecule has 158 valence electrons. The van der Waals surface area contributed by atoms with Gasteiger partial charge in [0, 0.05) is 30.2 Å². The molecule has 0 spiro atoms. The fraction of sp³-hybridized carbons (Fsp3) is 0.375. The van der Waals surface area contributed by atoms with Crippen molar-refractivity contribution in [1.82, 2.24) is 9.88 Å². The van der Waals surface area contributed by atoms with Gasteiger partial charge in [-0.2, -0.15) is 0 Å². The summed E-state index contributed by atoms with van der Waals surface area (Å²) in [6, 6.07) is 14.1. The Balaban J connectivity index is 1.43. The maximum absolute atomic E-state index is 13.0. The summed E-state index contributed by atoms with van der Waals surface area (Å²) in [7, 11) is 0. The Labute approximate surface area is 177 Å². The topological polar surface area (TPSA) is 59.6 Å². The van der Waals surface area contributed by atoms with Crippen LogP contribution in [0.3, 0.4) is 0 Å². The van der Waals surface area contributed by atoms with Crippen LogP contribution < -0.4 is 10.2 Å². The van der Waals surface area contributed by atoms with E-state index in [1.54, 1.807) is 6.26 Å². The van der Waals surface area contributed by atoms with Gasteiger partial charge in [-0.25, -0.2) is 0 Å². The van der Waals surface area contributed by atoms with Gasteiger partial charge in [-0.05, 0) is 56.7 Å². The first-order chi connectivity index (χ1) is 14.5. The maximum Gasteiger partial charge on any atom is 0.253 e. The van der Waals surface area contributed by atoms with Gasteiger partial charge in [-0.3, -0.25) is 4.79 Å². The average molecular weight is 408 g/mol. The second kappa shape index (κ2) is 8.79. The Morgan fingerprint density at radius 3 is 2.53 bits per heavy atom. The third kappa shape index (κ3) is 4.28. The summed E-state index contributed by atoms with van der Waals surface area (Å²) in [4.78, 5) is 15.3. The number of ether oxygens (including phenoxy) is 1. The Kier molecular flexibility index (Phi) is 5.95. The number of morpholine rings is 1. The first kappa shape index (κ1) is 20.3.